The zero-order chi connectivity index (χ0) is 10.0. The maximum atomic E-state index is 10.6. The minimum absolute atomic E-state index is 0.0808. The van der Waals surface area contributed by atoms with Gasteiger partial charge in [-0.2, -0.15) is 0 Å². The average molecular weight is 264 g/mol. The van der Waals surface area contributed by atoms with E-state index in [2.05, 4.69) is 28.6 Å². The molecule has 1 aromatic carbocycles. The molecule has 0 amide bonds. The standard InChI is InChI=1S/C7H6BrNO3S/c1-12-5-3-2-4(8)6(7(5)13)9(10)11/h2-3,13H,1H3. The van der Waals surface area contributed by atoms with E-state index in [1.807, 2.05) is 0 Å². The summed E-state index contributed by atoms with van der Waals surface area (Å²) >= 11 is 7.07. The summed E-state index contributed by atoms with van der Waals surface area (Å²) in [6, 6.07) is 3.16. The van der Waals surface area contributed by atoms with Gasteiger partial charge in [0, 0.05) is 0 Å². The van der Waals surface area contributed by atoms with Crippen molar-refractivity contribution in [1.29, 1.82) is 0 Å². The van der Waals surface area contributed by atoms with Gasteiger partial charge in [-0.3, -0.25) is 10.1 Å². The van der Waals surface area contributed by atoms with Crippen LogP contribution < -0.4 is 4.74 Å². The van der Waals surface area contributed by atoms with Crippen LogP contribution in [0, 0.1) is 10.1 Å². The first-order valence-electron chi connectivity index (χ1n) is 3.27. The maximum Gasteiger partial charge on any atom is 0.300 e. The highest BCUT2D eigenvalue weighted by molar-refractivity contribution is 9.10. The second-order valence-corrected chi connectivity index (χ2v) is 3.51. The number of hydrogen-bond acceptors (Lipinski definition) is 4. The number of benzene rings is 1. The van der Waals surface area contributed by atoms with E-state index in [4.69, 9.17) is 4.74 Å². The van der Waals surface area contributed by atoms with Crippen molar-refractivity contribution in [2.24, 2.45) is 0 Å². The van der Waals surface area contributed by atoms with Crippen molar-refractivity contribution in [1.82, 2.24) is 0 Å². The fourth-order valence-corrected chi connectivity index (χ4v) is 1.87. The first-order valence-corrected chi connectivity index (χ1v) is 4.51. The monoisotopic (exact) mass is 263 g/mol. The molecule has 0 aliphatic heterocycles. The molecular weight excluding hydrogens is 258 g/mol. The van der Waals surface area contributed by atoms with E-state index in [0.717, 1.165) is 0 Å². The summed E-state index contributed by atoms with van der Waals surface area (Å²) in [7, 11) is 1.44. The van der Waals surface area contributed by atoms with Crippen LogP contribution >= 0.6 is 28.6 Å². The van der Waals surface area contributed by atoms with Gasteiger partial charge in [0.15, 0.2) is 0 Å². The molecule has 0 aliphatic rings. The summed E-state index contributed by atoms with van der Waals surface area (Å²) in [4.78, 5) is 10.3. The van der Waals surface area contributed by atoms with E-state index in [1.54, 1.807) is 12.1 Å². The smallest absolute Gasteiger partial charge is 0.300 e. The van der Waals surface area contributed by atoms with Gasteiger partial charge in [-0.1, -0.05) is 0 Å². The number of nitro benzene ring substituents is 1. The van der Waals surface area contributed by atoms with Gasteiger partial charge in [-0.15, -0.1) is 12.6 Å². The molecule has 70 valence electrons. The molecule has 13 heavy (non-hydrogen) atoms. The molecule has 0 aliphatic carbocycles. The molecule has 4 nitrogen and oxygen atoms in total. The number of rotatable bonds is 2. The third kappa shape index (κ3) is 1.94. The van der Waals surface area contributed by atoms with Crippen LogP contribution in [0.15, 0.2) is 21.5 Å². The molecule has 0 fully saturated rings. The van der Waals surface area contributed by atoms with E-state index in [9.17, 15) is 10.1 Å². The first kappa shape index (κ1) is 10.3. The zero-order valence-electron chi connectivity index (χ0n) is 6.65. The molecular formula is C7H6BrNO3S. The Balaban J connectivity index is 3.38. The highest BCUT2D eigenvalue weighted by Gasteiger charge is 2.19. The Morgan fingerprint density at radius 3 is 2.69 bits per heavy atom. The van der Waals surface area contributed by atoms with Gasteiger partial charge in [0.1, 0.15) is 10.6 Å². The lowest BCUT2D eigenvalue weighted by atomic mass is 10.3. The van der Waals surface area contributed by atoms with Crippen molar-refractivity contribution in [2.45, 2.75) is 4.90 Å². The van der Waals surface area contributed by atoms with Crippen LogP contribution in [0.2, 0.25) is 0 Å². The molecule has 6 heteroatoms. The van der Waals surface area contributed by atoms with Crippen molar-refractivity contribution in [3.8, 4) is 5.75 Å². The summed E-state index contributed by atoms with van der Waals surface area (Å²) in [5, 5.41) is 10.6. The summed E-state index contributed by atoms with van der Waals surface area (Å²) in [6.07, 6.45) is 0. The van der Waals surface area contributed by atoms with E-state index in [1.165, 1.54) is 7.11 Å². The molecule has 0 aromatic heterocycles. The minimum Gasteiger partial charge on any atom is -0.495 e. The third-order valence-corrected chi connectivity index (χ3v) is 2.54. The highest BCUT2D eigenvalue weighted by Crippen LogP contribution is 2.37. The summed E-state index contributed by atoms with van der Waals surface area (Å²) < 4.78 is 5.28. The predicted molar refractivity (Wildman–Crippen MR) is 54.6 cm³/mol. The van der Waals surface area contributed by atoms with Crippen LogP contribution in [0.5, 0.6) is 5.75 Å². The van der Waals surface area contributed by atoms with Crippen molar-refractivity contribution in [3.63, 3.8) is 0 Å². The molecule has 0 radical (unpaired) electrons. The Hall–Kier alpha value is -0.750. The van der Waals surface area contributed by atoms with Crippen LogP contribution in [0.1, 0.15) is 0 Å². The lowest BCUT2D eigenvalue weighted by molar-refractivity contribution is -0.388. The topological polar surface area (TPSA) is 52.4 Å². The molecule has 1 aromatic rings. The van der Waals surface area contributed by atoms with E-state index >= 15 is 0 Å². The van der Waals surface area contributed by atoms with Crippen molar-refractivity contribution >= 4 is 34.2 Å². The minimum atomic E-state index is -0.505. The Morgan fingerprint density at radius 1 is 1.62 bits per heavy atom. The Kier molecular flexibility index (Phi) is 3.16. The lowest BCUT2D eigenvalue weighted by Crippen LogP contribution is -1.94. The summed E-state index contributed by atoms with van der Waals surface area (Å²) in [6.45, 7) is 0. The number of hydrogen-bond donors (Lipinski definition) is 1. The summed E-state index contributed by atoms with van der Waals surface area (Å²) in [5.74, 6) is 0.387. The maximum absolute atomic E-state index is 10.6. The molecule has 0 saturated heterocycles. The van der Waals surface area contributed by atoms with Crippen LogP contribution in [0.4, 0.5) is 5.69 Å². The van der Waals surface area contributed by atoms with E-state index in [0.29, 0.717) is 10.2 Å². The normalized spacial score (nSPS) is 9.77. The average Bonchev–Trinajstić information content (AvgIpc) is 2.04. The van der Waals surface area contributed by atoms with Gasteiger partial charge in [-0.25, -0.2) is 0 Å². The third-order valence-electron chi connectivity index (χ3n) is 1.47. The quantitative estimate of drug-likeness (QED) is 0.507. The molecule has 1 rings (SSSR count). The second-order valence-electron chi connectivity index (χ2n) is 2.20. The molecule has 0 N–H and O–H groups in total. The second kappa shape index (κ2) is 3.97. The molecule has 0 saturated carbocycles. The number of nitro groups is 1. The number of methoxy groups -OCH3 is 1. The highest BCUT2D eigenvalue weighted by atomic mass is 79.9. The molecule has 0 atom stereocenters. The molecule has 0 spiro atoms. The Bertz CT molecular complexity index is 356. The van der Waals surface area contributed by atoms with Gasteiger partial charge < -0.3 is 4.74 Å². The Labute approximate surface area is 88.6 Å². The number of ether oxygens (including phenoxy) is 1. The fourth-order valence-electron chi connectivity index (χ4n) is 0.875. The molecule has 0 heterocycles. The van der Waals surface area contributed by atoms with Crippen molar-refractivity contribution in [3.05, 3.63) is 26.7 Å². The Morgan fingerprint density at radius 2 is 2.23 bits per heavy atom. The van der Waals surface area contributed by atoms with Gasteiger partial charge in [0.2, 0.25) is 0 Å². The predicted octanol–water partition coefficient (Wildman–Crippen LogP) is 2.65. The van der Waals surface area contributed by atoms with Gasteiger partial charge in [0.25, 0.3) is 5.69 Å². The van der Waals surface area contributed by atoms with Gasteiger partial charge in [0.05, 0.1) is 16.5 Å². The number of halogens is 1. The van der Waals surface area contributed by atoms with E-state index in [-0.39, 0.29) is 10.6 Å². The summed E-state index contributed by atoms with van der Waals surface area (Å²) in [5.41, 5.74) is -0.0808. The van der Waals surface area contributed by atoms with Crippen molar-refractivity contribution < 1.29 is 9.66 Å². The van der Waals surface area contributed by atoms with Crippen LogP contribution in [0.3, 0.4) is 0 Å². The lowest BCUT2D eigenvalue weighted by Gasteiger charge is -2.04. The largest absolute Gasteiger partial charge is 0.495 e. The number of nitrogens with zero attached hydrogens (tertiary/aromatic N) is 1. The van der Waals surface area contributed by atoms with Gasteiger partial charge >= 0.3 is 0 Å². The fraction of sp³-hybridized carbons (Fsp3) is 0.143. The first-order chi connectivity index (χ1) is 6.07. The molecule has 0 bridgehead atoms. The number of thiol groups is 1. The van der Waals surface area contributed by atoms with Crippen molar-refractivity contribution in [2.75, 3.05) is 7.11 Å². The van der Waals surface area contributed by atoms with Crippen LogP contribution in [-0.2, 0) is 0 Å². The molecule has 0 unspecified atom stereocenters. The van der Waals surface area contributed by atoms with E-state index < -0.39 is 4.92 Å². The van der Waals surface area contributed by atoms with Gasteiger partial charge in [-0.05, 0) is 28.1 Å². The SMILES string of the molecule is COc1ccc(Br)c([N+](=O)[O-])c1S. The zero-order valence-corrected chi connectivity index (χ0v) is 9.13. The van der Waals surface area contributed by atoms with Crippen LogP contribution in [0.25, 0.3) is 0 Å². The van der Waals surface area contributed by atoms with Crippen LogP contribution in [-0.4, -0.2) is 12.0 Å².